The first-order valence-corrected chi connectivity index (χ1v) is 9.62. The topological polar surface area (TPSA) is 37.3 Å². The molecule has 1 N–H and O–H groups in total. The highest BCUT2D eigenvalue weighted by molar-refractivity contribution is 6.30. The number of allylic oxidation sites excluding steroid dienone is 2. The number of alkyl halides is 3. The van der Waals surface area contributed by atoms with E-state index in [4.69, 9.17) is 11.6 Å². The van der Waals surface area contributed by atoms with Crippen molar-refractivity contribution < 1.29 is 23.1 Å². The van der Waals surface area contributed by atoms with Crippen LogP contribution < -0.4 is 0 Å². The molecule has 1 aliphatic carbocycles. The van der Waals surface area contributed by atoms with Gasteiger partial charge in [-0.1, -0.05) is 80.1 Å². The molecule has 0 aliphatic heterocycles. The molecule has 2 nitrogen and oxygen atoms in total. The summed E-state index contributed by atoms with van der Waals surface area (Å²) in [6.45, 7) is 5.27. The summed E-state index contributed by atoms with van der Waals surface area (Å²) in [4.78, 5) is 12.3. The van der Waals surface area contributed by atoms with Crippen LogP contribution in [0.2, 0.25) is 0 Å². The molecule has 2 aromatic carbocycles. The summed E-state index contributed by atoms with van der Waals surface area (Å²) in [5, 5.41) is 8.74. The van der Waals surface area contributed by atoms with E-state index in [0.717, 1.165) is 28.3 Å². The third-order valence-electron chi connectivity index (χ3n) is 6.34. The predicted molar refractivity (Wildman–Crippen MR) is 108 cm³/mol. The summed E-state index contributed by atoms with van der Waals surface area (Å²) < 4.78 is 38.8. The van der Waals surface area contributed by atoms with Gasteiger partial charge in [0.15, 0.2) is 0 Å². The number of aliphatic carboxylic acids is 1. The molecule has 0 bridgehead atoms. The molecule has 0 radical (unpaired) electrons. The molecule has 29 heavy (non-hydrogen) atoms. The summed E-state index contributed by atoms with van der Waals surface area (Å²) in [6, 6.07) is 15.3. The first-order chi connectivity index (χ1) is 13.4. The molecule has 0 unspecified atom stereocenters. The zero-order valence-corrected chi connectivity index (χ0v) is 17.1. The second-order valence-corrected chi connectivity index (χ2v) is 8.53. The largest absolute Gasteiger partial charge is 0.481 e. The third kappa shape index (κ3) is 3.57. The van der Waals surface area contributed by atoms with E-state index in [0.29, 0.717) is 0 Å². The Morgan fingerprint density at radius 1 is 1.14 bits per heavy atom. The lowest BCUT2D eigenvalue weighted by molar-refractivity contribution is -0.145. The van der Waals surface area contributed by atoms with E-state index in [1.54, 1.807) is 13.8 Å². The van der Waals surface area contributed by atoms with Crippen LogP contribution in [-0.4, -0.2) is 17.3 Å². The molecule has 0 aromatic heterocycles. The van der Waals surface area contributed by atoms with Crippen molar-refractivity contribution in [2.24, 2.45) is 16.7 Å². The van der Waals surface area contributed by atoms with Crippen molar-refractivity contribution in [2.45, 2.75) is 33.4 Å². The highest BCUT2D eigenvalue weighted by atomic mass is 35.5. The van der Waals surface area contributed by atoms with Crippen molar-refractivity contribution >= 4 is 17.6 Å². The zero-order chi connectivity index (χ0) is 21.6. The van der Waals surface area contributed by atoms with Crippen LogP contribution in [-0.2, 0) is 11.2 Å². The minimum atomic E-state index is -4.69. The molecule has 1 aliphatic rings. The average molecular weight is 423 g/mol. The van der Waals surface area contributed by atoms with Gasteiger partial charge in [-0.15, -0.1) is 0 Å². The highest BCUT2D eigenvalue weighted by Gasteiger charge is 2.74. The standard InChI is InChI=1S/C23H22ClF3O2/c1-14-16(10-7-11-17(14)15-8-5-4-6-9-15)13-22(20(28)29)18(21(22,2)3)12-19(24)23(25,26)27/h4-12,18H,13H2,1-3H3,(H,28,29)/t18-,22+/m1/s1. The quantitative estimate of drug-likeness (QED) is 0.588. The third-order valence-corrected chi connectivity index (χ3v) is 6.68. The molecule has 6 heteroatoms. The van der Waals surface area contributed by atoms with Gasteiger partial charge in [-0.05, 0) is 41.0 Å². The van der Waals surface area contributed by atoms with Gasteiger partial charge in [0.2, 0.25) is 0 Å². The number of carboxylic acid groups (broad SMARTS) is 1. The molecule has 154 valence electrons. The van der Waals surface area contributed by atoms with Crippen molar-refractivity contribution in [3.8, 4) is 11.1 Å². The van der Waals surface area contributed by atoms with Crippen LogP contribution in [0.1, 0.15) is 25.0 Å². The lowest BCUT2D eigenvalue weighted by Crippen LogP contribution is -2.25. The Labute approximate surface area is 173 Å². The second kappa shape index (κ2) is 7.21. The Morgan fingerprint density at radius 3 is 2.31 bits per heavy atom. The molecule has 2 aromatic rings. The molecular weight excluding hydrogens is 401 g/mol. The first kappa shape index (κ1) is 21.4. The predicted octanol–water partition coefficient (Wildman–Crippen LogP) is 6.62. The van der Waals surface area contributed by atoms with E-state index in [2.05, 4.69) is 0 Å². The fraction of sp³-hybridized carbons (Fsp3) is 0.348. The van der Waals surface area contributed by atoms with Gasteiger partial charge >= 0.3 is 12.1 Å². The fourth-order valence-electron chi connectivity index (χ4n) is 4.41. The zero-order valence-electron chi connectivity index (χ0n) is 16.3. The maximum atomic E-state index is 12.9. The van der Waals surface area contributed by atoms with Crippen LogP contribution in [0, 0.1) is 23.7 Å². The fourth-order valence-corrected chi connectivity index (χ4v) is 4.54. The molecule has 0 spiro atoms. The van der Waals surface area contributed by atoms with Gasteiger partial charge in [0, 0.05) is 5.92 Å². The van der Waals surface area contributed by atoms with E-state index < -0.39 is 33.9 Å². The number of hydrogen-bond donors (Lipinski definition) is 1. The molecule has 2 atom stereocenters. The number of carbonyl (C=O) groups is 1. The minimum Gasteiger partial charge on any atom is -0.481 e. The molecule has 0 saturated heterocycles. The minimum absolute atomic E-state index is 0.130. The summed E-state index contributed by atoms with van der Waals surface area (Å²) >= 11 is 5.43. The van der Waals surface area contributed by atoms with Gasteiger partial charge in [0.05, 0.1) is 5.41 Å². The SMILES string of the molecule is Cc1c(C[C@@]2(C(=O)O)[C@H](C=C(Cl)C(F)(F)F)C2(C)C)cccc1-c1ccccc1. The Hall–Kier alpha value is -2.27. The summed E-state index contributed by atoms with van der Waals surface area (Å²) in [5.74, 6) is -1.93. The van der Waals surface area contributed by atoms with Crippen LogP contribution in [0.15, 0.2) is 59.6 Å². The van der Waals surface area contributed by atoms with Crippen molar-refractivity contribution in [3.05, 3.63) is 70.8 Å². The normalized spacial score (nSPS) is 23.7. The summed E-state index contributed by atoms with van der Waals surface area (Å²) in [7, 11) is 0. The second-order valence-electron chi connectivity index (χ2n) is 8.12. The van der Waals surface area contributed by atoms with Crippen LogP contribution in [0.3, 0.4) is 0 Å². The lowest BCUT2D eigenvalue weighted by Gasteiger charge is -2.19. The molecular formula is C23H22ClF3O2. The van der Waals surface area contributed by atoms with Gasteiger partial charge in [-0.2, -0.15) is 13.2 Å². The van der Waals surface area contributed by atoms with Gasteiger partial charge in [0.25, 0.3) is 0 Å². The molecule has 3 rings (SSSR count). The highest BCUT2D eigenvalue weighted by Crippen LogP contribution is 2.71. The van der Waals surface area contributed by atoms with Crippen LogP contribution in [0.5, 0.6) is 0 Å². The van der Waals surface area contributed by atoms with Crippen molar-refractivity contribution in [1.82, 2.24) is 0 Å². The Bertz CT molecular complexity index is 964. The molecule has 0 heterocycles. The van der Waals surface area contributed by atoms with Crippen molar-refractivity contribution in [3.63, 3.8) is 0 Å². The van der Waals surface area contributed by atoms with E-state index in [1.807, 2.05) is 55.5 Å². The number of rotatable bonds is 5. The molecule has 0 amide bonds. The van der Waals surface area contributed by atoms with Gasteiger partial charge in [-0.3, -0.25) is 4.79 Å². The van der Waals surface area contributed by atoms with E-state index in [9.17, 15) is 23.1 Å². The Balaban J connectivity index is 2.02. The lowest BCUT2D eigenvalue weighted by atomic mass is 9.85. The number of hydrogen-bond acceptors (Lipinski definition) is 1. The maximum absolute atomic E-state index is 12.9. The molecule has 1 fully saturated rings. The van der Waals surface area contributed by atoms with E-state index in [-0.39, 0.29) is 6.42 Å². The van der Waals surface area contributed by atoms with E-state index in [1.165, 1.54) is 0 Å². The van der Waals surface area contributed by atoms with Gasteiger partial charge in [-0.25, -0.2) is 0 Å². The van der Waals surface area contributed by atoms with Gasteiger partial charge in [0.1, 0.15) is 5.03 Å². The Morgan fingerprint density at radius 2 is 1.76 bits per heavy atom. The van der Waals surface area contributed by atoms with Crippen molar-refractivity contribution in [1.29, 1.82) is 0 Å². The van der Waals surface area contributed by atoms with Gasteiger partial charge < -0.3 is 5.11 Å². The van der Waals surface area contributed by atoms with Crippen LogP contribution in [0.25, 0.3) is 11.1 Å². The van der Waals surface area contributed by atoms with E-state index >= 15 is 0 Å². The maximum Gasteiger partial charge on any atom is 0.426 e. The smallest absolute Gasteiger partial charge is 0.426 e. The average Bonchev–Trinajstić information content (AvgIpc) is 3.11. The monoisotopic (exact) mass is 422 g/mol. The first-order valence-electron chi connectivity index (χ1n) is 9.24. The van der Waals surface area contributed by atoms with Crippen LogP contribution in [0.4, 0.5) is 13.2 Å². The number of halogens is 4. The number of benzene rings is 2. The number of carboxylic acids is 1. The summed E-state index contributed by atoms with van der Waals surface area (Å²) in [5.41, 5.74) is 1.50. The van der Waals surface area contributed by atoms with Crippen molar-refractivity contribution in [2.75, 3.05) is 0 Å². The van der Waals surface area contributed by atoms with Crippen LogP contribution >= 0.6 is 11.6 Å². The Kier molecular flexibility index (Phi) is 5.33. The summed E-state index contributed by atoms with van der Waals surface area (Å²) in [6.07, 6.45) is -3.69. The molecule has 1 saturated carbocycles.